The number of para-hydroxylation sites is 1. The lowest BCUT2D eigenvalue weighted by Gasteiger charge is -2.31. The Bertz CT molecular complexity index is 671. The maximum Gasteiger partial charge on any atom is 0.243 e. The normalized spacial score (nSPS) is 17.7. The van der Waals surface area contributed by atoms with Crippen LogP contribution in [-0.2, 0) is 14.8 Å². The minimum Gasteiger partial charge on any atom is -0.354 e. The Morgan fingerprint density at radius 1 is 1.27 bits per heavy atom. The number of anilines is 1. The number of hydrogen-bond donors (Lipinski definition) is 1. The highest BCUT2D eigenvalue weighted by molar-refractivity contribution is 7.92. The van der Waals surface area contributed by atoms with E-state index in [4.69, 9.17) is 0 Å². The van der Waals surface area contributed by atoms with Gasteiger partial charge in [0.1, 0.15) is 6.04 Å². The van der Waals surface area contributed by atoms with Gasteiger partial charge in [-0.3, -0.25) is 9.10 Å². The lowest BCUT2D eigenvalue weighted by Crippen LogP contribution is -2.49. The molecule has 2 rings (SSSR count). The Balaban J connectivity index is 1.99. The summed E-state index contributed by atoms with van der Waals surface area (Å²) in [6.45, 7) is 4.64. The Kier molecular flexibility index (Phi) is 7.46. The molecule has 0 saturated carbocycles. The number of carbonyl (C=O) groups is 1. The van der Waals surface area contributed by atoms with Gasteiger partial charge in [-0.1, -0.05) is 25.1 Å². The zero-order chi connectivity index (χ0) is 19.2. The predicted octanol–water partition coefficient (Wildman–Crippen LogP) is 2.08. The van der Waals surface area contributed by atoms with Gasteiger partial charge in [-0.15, -0.1) is 0 Å². The lowest BCUT2D eigenvalue weighted by molar-refractivity contribution is -0.122. The van der Waals surface area contributed by atoms with Crippen molar-refractivity contribution in [3.63, 3.8) is 0 Å². The summed E-state index contributed by atoms with van der Waals surface area (Å²) in [6, 6.07) is 8.08. The molecule has 0 aliphatic carbocycles. The highest BCUT2D eigenvalue weighted by atomic mass is 32.2. The van der Waals surface area contributed by atoms with Gasteiger partial charge in [0, 0.05) is 6.54 Å². The van der Waals surface area contributed by atoms with E-state index >= 15 is 0 Å². The van der Waals surface area contributed by atoms with Crippen LogP contribution in [0.15, 0.2) is 30.3 Å². The van der Waals surface area contributed by atoms with E-state index < -0.39 is 16.1 Å². The molecule has 1 unspecified atom stereocenters. The second kappa shape index (κ2) is 9.37. The van der Waals surface area contributed by atoms with Crippen molar-refractivity contribution in [1.82, 2.24) is 10.2 Å². The van der Waals surface area contributed by atoms with Crippen LogP contribution in [0, 0.1) is 5.92 Å². The molecule has 0 spiro atoms. The first kappa shape index (κ1) is 20.7. The van der Waals surface area contributed by atoms with E-state index in [0.717, 1.165) is 38.6 Å². The van der Waals surface area contributed by atoms with Gasteiger partial charge < -0.3 is 10.2 Å². The average molecular weight is 382 g/mol. The van der Waals surface area contributed by atoms with Crippen LogP contribution < -0.4 is 9.62 Å². The Morgan fingerprint density at radius 3 is 2.42 bits per heavy atom. The molecule has 1 aliphatic rings. The minimum atomic E-state index is -3.56. The van der Waals surface area contributed by atoms with Gasteiger partial charge >= 0.3 is 0 Å². The monoisotopic (exact) mass is 381 g/mol. The number of carbonyl (C=O) groups excluding carboxylic acids is 1. The molecular formula is C19H31N3O3S. The third-order valence-corrected chi connectivity index (χ3v) is 6.21. The highest BCUT2D eigenvalue weighted by Gasteiger charge is 2.31. The zero-order valence-electron chi connectivity index (χ0n) is 16.0. The third-order valence-electron chi connectivity index (χ3n) is 5.03. The third kappa shape index (κ3) is 5.71. The van der Waals surface area contributed by atoms with Crippen molar-refractivity contribution in [2.45, 2.75) is 38.6 Å². The lowest BCUT2D eigenvalue weighted by atomic mass is 9.94. The summed E-state index contributed by atoms with van der Waals surface area (Å²) in [7, 11) is -1.43. The molecule has 1 saturated heterocycles. The first-order valence-corrected chi connectivity index (χ1v) is 11.2. The number of nitrogens with one attached hydrogen (secondary N) is 1. The first-order valence-electron chi connectivity index (χ1n) is 9.33. The second-order valence-corrected chi connectivity index (χ2v) is 9.00. The van der Waals surface area contributed by atoms with Crippen molar-refractivity contribution in [1.29, 1.82) is 0 Å². The van der Waals surface area contributed by atoms with E-state index in [1.165, 1.54) is 4.31 Å². The molecule has 1 fully saturated rings. The van der Waals surface area contributed by atoms with E-state index in [9.17, 15) is 13.2 Å². The van der Waals surface area contributed by atoms with Crippen LogP contribution in [0.2, 0.25) is 0 Å². The van der Waals surface area contributed by atoms with Crippen molar-refractivity contribution in [2.75, 3.05) is 37.2 Å². The van der Waals surface area contributed by atoms with Crippen LogP contribution in [0.25, 0.3) is 0 Å². The molecule has 6 nitrogen and oxygen atoms in total. The number of piperidine rings is 1. The van der Waals surface area contributed by atoms with Crippen LogP contribution in [0.4, 0.5) is 5.69 Å². The van der Waals surface area contributed by atoms with Gasteiger partial charge in [0.15, 0.2) is 0 Å². The molecule has 146 valence electrons. The second-order valence-electron chi connectivity index (χ2n) is 7.14. The van der Waals surface area contributed by atoms with Crippen LogP contribution in [0.3, 0.4) is 0 Å². The molecule has 0 aromatic heterocycles. The van der Waals surface area contributed by atoms with Crippen molar-refractivity contribution in [3.05, 3.63) is 30.3 Å². The van der Waals surface area contributed by atoms with Crippen molar-refractivity contribution < 1.29 is 13.2 Å². The summed E-state index contributed by atoms with van der Waals surface area (Å²) < 4.78 is 25.9. The average Bonchev–Trinajstić information content (AvgIpc) is 2.60. The fraction of sp³-hybridized carbons (Fsp3) is 0.632. The van der Waals surface area contributed by atoms with Crippen LogP contribution >= 0.6 is 0 Å². The largest absolute Gasteiger partial charge is 0.354 e. The van der Waals surface area contributed by atoms with E-state index in [2.05, 4.69) is 17.3 Å². The number of likely N-dealkylation sites (tertiary alicyclic amines) is 1. The maximum atomic E-state index is 12.7. The van der Waals surface area contributed by atoms with Crippen LogP contribution in [-0.4, -0.2) is 58.2 Å². The summed E-state index contributed by atoms with van der Waals surface area (Å²) in [6.07, 6.45) is 4.82. The fourth-order valence-electron chi connectivity index (χ4n) is 3.50. The van der Waals surface area contributed by atoms with E-state index in [1.807, 2.05) is 13.0 Å². The van der Waals surface area contributed by atoms with Gasteiger partial charge in [-0.25, -0.2) is 8.42 Å². The molecule has 1 N–H and O–H groups in total. The molecule has 1 amide bonds. The summed E-state index contributed by atoms with van der Waals surface area (Å²) in [5, 5.41) is 2.96. The number of sulfonamides is 1. The zero-order valence-corrected chi connectivity index (χ0v) is 16.8. The fourth-order valence-corrected chi connectivity index (χ4v) is 4.71. The molecule has 1 aromatic rings. The highest BCUT2D eigenvalue weighted by Crippen LogP contribution is 2.22. The number of rotatable bonds is 8. The quantitative estimate of drug-likeness (QED) is 0.748. The van der Waals surface area contributed by atoms with Gasteiger partial charge in [0.05, 0.1) is 11.9 Å². The van der Waals surface area contributed by atoms with Gasteiger partial charge in [-0.05, 0) is 63.9 Å². The minimum absolute atomic E-state index is 0.227. The number of benzene rings is 1. The maximum absolute atomic E-state index is 12.7. The standard InChI is InChI=1S/C19H31N3O3S/c1-4-18(22(26(3,24)25)17-8-6-5-7-9-17)19(23)20-13-10-16-11-14-21(2)15-12-16/h5-9,16,18H,4,10-15H2,1-3H3,(H,20,23). The van der Waals surface area contributed by atoms with E-state index in [1.54, 1.807) is 24.3 Å². The summed E-state index contributed by atoms with van der Waals surface area (Å²) >= 11 is 0. The van der Waals surface area contributed by atoms with Crippen molar-refractivity contribution in [3.8, 4) is 0 Å². The SMILES string of the molecule is CCC(C(=O)NCCC1CCN(C)CC1)N(c1ccccc1)S(C)(=O)=O. The van der Waals surface area contributed by atoms with Gasteiger partial charge in [-0.2, -0.15) is 0 Å². The van der Waals surface area contributed by atoms with Crippen molar-refractivity contribution >= 4 is 21.6 Å². The molecule has 7 heteroatoms. The number of nitrogens with zero attached hydrogens (tertiary/aromatic N) is 2. The van der Waals surface area contributed by atoms with Crippen molar-refractivity contribution in [2.24, 2.45) is 5.92 Å². The Hall–Kier alpha value is -1.60. The topological polar surface area (TPSA) is 69.7 Å². The van der Waals surface area contributed by atoms with Gasteiger partial charge in [0.2, 0.25) is 15.9 Å². The Labute approximate surface area is 157 Å². The first-order chi connectivity index (χ1) is 12.3. The molecule has 1 atom stereocenters. The molecule has 0 bridgehead atoms. The number of hydrogen-bond acceptors (Lipinski definition) is 4. The molecular weight excluding hydrogens is 350 g/mol. The van der Waals surface area contributed by atoms with Crippen LogP contribution in [0.1, 0.15) is 32.6 Å². The summed E-state index contributed by atoms with van der Waals surface area (Å²) in [5.41, 5.74) is 0.521. The number of amides is 1. The molecule has 0 radical (unpaired) electrons. The summed E-state index contributed by atoms with van der Waals surface area (Å²) in [4.78, 5) is 15.0. The van der Waals surface area contributed by atoms with Gasteiger partial charge in [0.25, 0.3) is 0 Å². The molecule has 26 heavy (non-hydrogen) atoms. The molecule has 1 aromatic carbocycles. The van der Waals surface area contributed by atoms with E-state index in [0.29, 0.717) is 24.6 Å². The summed E-state index contributed by atoms with van der Waals surface area (Å²) in [5.74, 6) is 0.404. The van der Waals surface area contributed by atoms with E-state index in [-0.39, 0.29) is 5.91 Å². The molecule has 1 heterocycles. The molecule has 1 aliphatic heterocycles. The smallest absolute Gasteiger partial charge is 0.243 e. The predicted molar refractivity (Wildman–Crippen MR) is 106 cm³/mol. The van der Waals surface area contributed by atoms with Crippen LogP contribution in [0.5, 0.6) is 0 Å². The Morgan fingerprint density at radius 2 is 1.88 bits per heavy atom.